The van der Waals surface area contributed by atoms with Gasteiger partial charge >= 0.3 is 11.9 Å². The van der Waals surface area contributed by atoms with E-state index < -0.39 is 22.0 Å². The predicted molar refractivity (Wildman–Crippen MR) is 109 cm³/mol. The van der Waals surface area contributed by atoms with E-state index in [9.17, 15) is 14.7 Å². The van der Waals surface area contributed by atoms with Crippen LogP contribution in [0.4, 0.5) is 0 Å². The molecule has 0 aliphatic heterocycles. The van der Waals surface area contributed by atoms with E-state index in [-0.39, 0.29) is 23.5 Å². The van der Waals surface area contributed by atoms with Crippen molar-refractivity contribution in [2.45, 2.75) is 122 Å². The molecule has 29 heavy (non-hydrogen) atoms. The van der Waals surface area contributed by atoms with Crippen molar-refractivity contribution in [3.8, 4) is 0 Å². The third kappa shape index (κ3) is 3.51. The van der Waals surface area contributed by atoms with Gasteiger partial charge in [0.15, 0.2) is 0 Å². The van der Waals surface area contributed by atoms with Crippen molar-refractivity contribution in [2.24, 2.45) is 16.7 Å². The number of aliphatic hydroxyl groups is 1. The summed E-state index contributed by atoms with van der Waals surface area (Å²) in [7, 11) is 0. The van der Waals surface area contributed by atoms with Crippen LogP contribution in [-0.2, 0) is 19.1 Å². The van der Waals surface area contributed by atoms with Crippen LogP contribution in [-0.4, -0.2) is 33.8 Å². The van der Waals surface area contributed by atoms with Crippen LogP contribution in [0.3, 0.4) is 0 Å². The summed E-state index contributed by atoms with van der Waals surface area (Å²) in [5, 5.41) is 11.3. The van der Waals surface area contributed by atoms with Gasteiger partial charge in [-0.15, -0.1) is 0 Å². The molecule has 5 aliphatic carbocycles. The van der Waals surface area contributed by atoms with Gasteiger partial charge in [-0.3, -0.25) is 9.59 Å². The zero-order valence-electron chi connectivity index (χ0n) is 18.6. The molecule has 4 atom stereocenters. The smallest absolute Gasteiger partial charge is 0.312 e. The maximum atomic E-state index is 13.6. The van der Waals surface area contributed by atoms with Crippen molar-refractivity contribution in [3.05, 3.63) is 0 Å². The van der Waals surface area contributed by atoms with Crippen molar-refractivity contribution < 1.29 is 24.2 Å². The van der Waals surface area contributed by atoms with Crippen LogP contribution in [0, 0.1) is 16.7 Å². The van der Waals surface area contributed by atoms with Crippen LogP contribution in [0.15, 0.2) is 0 Å². The minimum Gasteiger partial charge on any atom is -0.459 e. The van der Waals surface area contributed by atoms with E-state index in [2.05, 4.69) is 6.92 Å². The average molecular weight is 407 g/mol. The number of rotatable bonds is 6. The zero-order valence-corrected chi connectivity index (χ0v) is 18.6. The summed E-state index contributed by atoms with van der Waals surface area (Å²) in [4.78, 5) is 26.5. The van der Waals surface area contributed by atoms with E-state index in [1.165, 1.54) is 0 Å². The molecule has 1 N–H and O–H groups in total. The van der Waals surface area contributed by atoms with E-state index in [1.54, 1.807) is 0 Å². The Morgan fingerprint density at radius 2 is 1.69 bits per heavy atom. The fourth-order valence-corrected chi connectivity index (χ4v) is 6.97. The van der Waals surface area contributed by atoms with E-state index in [0.29, 0.717) is 32.1 Å². The lowest BCUT2D eigenvalue weighted by atomic mass is 9.46. The summed E-state index contributed by atoms with van der Waals surface area (Å²) in [6.45, 7) is 7.89. The molecule has 5 rings (SSSR count). The first-order valence-corrected chi connectivity index (χ1v) is 11.7. The standard InChI is InChI=1S/C24H38O5/c1-5-20(3,4)18(25)28-24-13-17-11-21(15-24,14-22(27,12-17)16-24)19(26)29-23(6-2)9-7-8-10-23/h17,27H,5-16H2,1-4H3. The normalized spacial score (nSPS) is 40.1. The number of carbonyl (C=O) groups excluding carboxylic acids is 2. The van der Waals surface area contributed by atoms with Crippen LogP contribution >= 0.6 is 0 Å². The molecule has 4 unspecified atom stereocenters. The van der Waals surface area contributed by atoms with Crippen molar-refractivity contribution in [1.82, 2.24) is 0 Å². The number of hydrogen-bond donors (Lipinski definition) is 1. The van der Waals surface area contributed by atoms with Gasteiger partial charge in [0.25, 0.3) is 0 Å². The lowest BCUT2D eigenvalue weighted by molar-refractivity contribution is -0.254. The van der Waals surface area contributed by atoms with Gasteiger partial charge in [0, 0.05) is 12.8 Å². The number of esters is 2. The van der Waals surface area contributed by atoms with Crippen molar-refractivity contribution in [2.75, 3.05) is 0 Å². The topological polar surface area (TPSA) is 72.8 Å². The van der Waals surface area contributed by atoms with Crippen molar-refractivity contribution >= 4 is 11.9 Å². The molecule has 0 radical (unpaired) electrons. The van der Waals surface area contributed by atoms with Crippen LogP contribution in [0.25, 0.3) is 0 Å². The van der Waals surface area contributed by atoms with Crippen molar-refractivity contribution in [3.63, 3.8) is 0 Å². The Morgan fingerprint density at radius 3 is 2.28 bits per heavy atom. The monoisotopic (exact) mass is 406 g/mol. The Labute approximate surface area is 174 Å². The Hall–Kier alpha value is -1.10. The Balaban J connectivity index is 1.60. The van der Waals surface area contributed by atoms with Crippen molar-refractivity contribution in [1.29, 1.82) is 0 Å². The van der Waals surface area contributed by atoms with Crippen LogP contribution < -0.4 is 0 Å². The Kier molecular flexibility index (Phi) is 4.88. The molecule has 0 aromatic carbocycles. The van der Waals surface area contributed by atoms with E-state index in [4.69, 9.17) is 9.47 Å². The molecular formula is C24H38O5. The molecule has 0 spiro atoms. The number of carbonyl (C=O) groups is 2. The summed E-state index contributed by atoms with van der Waals surface area (Å²) in [6, 6.07) is 0. The van der Waals surface area contributed by atoms with Gasteiger partial charge in [-0.05, 0) is 84.0 Å². The van der Waals surface area contributed by atoms with E-state index in [0.717, 1.165) is 44.9 Å². The first kappa shape index (κ1) is 21.1. The highest BCUT2D eigenvalue weighted by Gasteiger charge is 2.68. The molecule has 0 heterocycles. The first-order valence-electron chi connectivity index (χ1n) is 11.7. The highest BCUT2D eigenvalue weighted by Crippen LogP contribution is 2.65. The molecule has 5 nitrogen and oxygen atoms in total. The van der Waals surface area contributed by atoms with Gasteiger partial charge in [0.1, 0.15) is 11.2 Å². The molecule has 0 aromatic heterocycles. The summed E-state index contributed by atoms with van der Waals surface area (Å²) in [5.41, 5.74) is -3.27. The van der Waals surface area contributed by atoms with Crippen LogP contribution in [0.1, 0.15) is 105 Å². The number of ether oxygens (including phenoxy) is 2. The third-order valence-corrected chi connectivity index (χ3v) is 8.63. The zero-order chi connectivity index (χ0) is 21.1. The first-order chi connectivity index (χ1) is 13.5. The molecule has 5 saturated carbocycles. The predicted octanol–water partition coefficient (Wildman–Crippen LogP) is 4.69. The molecular weight excluding hydrogens is 368 g/mol. The second-order valence-corrected chi connectivity index (χ2v) is 11.5. The molecule has 5 fully saturated rings. The Morgan fingerprint density at radius 1 is 1.00 bits per heavy atom. The molecule has 5 heteroatoms. The van der Waals surface area contributed by atoms with Gasteiger partial charge in [0.2, 0.25) is 0 Å². The highest BCUT2D eigenvalue weighted by atomic mass is 16.6. The van der Waals surface area contributed by atoms with Gasteiger partial charge in [-0.2, -0.15) is 0 Å². The van der Waals surface area contributed by atoms with Gasteiger partial charge in [-0.25, -0.2) is 0 Å². The second kappa shape index (κ2) is 6.70. The summed E-state index contributed by atoms with van der Waals surface area (Å²) >= 11 is 0. The fourth-order valence-electron chi connectivity index (χ4n) is 6.97. The SMILES string of the molecule is CCC1(OC(=O)C23CC4CC(O)(CC(OC(=O)C(C)(C)CC)(C4)C2)C3)CCCC1. The van der Waals surface area contributed by atoms with Gasteiger partial charge in [0.05, 0.1) is 16.4 Å². The molecule has 0 aromatic rings. The summed E-state index contributed by atoms with van der Waals surface area (Å²) < 4.78 is 12.4. The molecule has 5 aliphatic rings. The largest absolute Gasteiger partial charge is 0.459 e. The lowest BCUT2D eigenvalue weighted by Gasteiger charge is -2.63. The molecule has 164 valence electrons. The minimum atomic E-state index is -0.926. The average Bonchev–Trinajstić information content (AvgIpc) is 3.08. The summed E-state index contributed by atoms with van der Waals surface area (Å²) in [5.74, 6) is -0.156. The quantitative estimate of drug-likeness (QED) is 0.648. The molecule has 0 saturated heterocycles. The van der Waals surface area contributed by atoms with Crippen LogP contribution in [0.2, 0.25) is 0 Å². The van der Waals surface area contributed by atoms with Crippen LogP contribution in [0.5, 0.6) is 0 Å². The van der Waals surface area contributed by atoms with Gasteiger partial charge < -0.3 is 14.6 Å². The lowest BCUT2D eigenvalue weighted by Crippen LogP contribution is -2.67. The third-order valence-electron chi connectivity index (χ3n) is 8.63. The second-order valence-electron chi connectivity index (χ2n) is 11.5. The molecule has 4 bridgehead atoms. The minimum absolute atomic E-state index is 0.154. The van der Waals surface area contributed by atoms with Gasteiger partial charge in [-0.1, -0.05) is 13.8 Å². The maximum Gasteiger partial charge on any atom is 0.312 e. The fraction of sp³-hybridized carbons (Fsp3) is 0.917. The Bertz CT molecular complexity index is 693. The highest BCUT2D eigenvalue weighted by molar-refractivity contribution is 5.79. The van der Waals surface area contributed by atoms with E-state index >= 15 is 0 Å². The summed E-state index contributed by atoms with van der Waals surface area (Å²) in [6.07, 6.45) is 9.24. The number of hydrogen-bond acceptors (Lipinski definition) is 5. The maximum absolute atomic E-state index is 13.6. The van der Waals surface area contributed by atoms with E-state index in [1.807, 2.05) is 20.8 Å². The molecule has 0 amide bonds.